The van der Waals surface area contributed by atoms with Gasteiger partial charge >= 0.3 is 18.1 Å². The third kappa shape index (κ3) is 4.27. The third-order valence-corrected chi connectivity index (χ3v) is 3.73. The number of amides is 2. The van der Waals surface area contributed by atoms with Crippen LogP contribution in [0.1, 0.15) is 11.5 Å². The van der Waals surface area contributed by atoms with Crippen LogP contribution in [0.15, 0.2) is 28.8 Å². The van der Waals surface area contributed by atoms with E-state index >= 15 is 0 Å². The van der Waals surface area contributed by atoms with E-state index in [9.17, 15) is 18.0 Å². The Morgan fingerprint density at radius 3 is 2.52 bits per heavy atom. The summed E-state index contributed by atoms with van der Waals surface area (Å²) >= 11 is 0. The molecule has 2 N–H and O–H groups in total. The molecule has 0 unspecified atom stereocenters. The van der Waals surface area contributed by atoms with E-state index in [0.29, 0.717) is 25.2 Å². The molecular weight excluding hydrogens is 339 g/mol. The van der Waals surface area contributed by atoms with Crippen LogP contribution in [0, 0.1) is 0 Å². The molecule has 1 saturated heterocycles. The van der Waals surface area contributed by atoms with Crippen LogP contribution in [0.4, 0.5) is 18.0 Å². The molecule has 0 aliphatic carbocycles. The zero-order valence-electron chi connectivity index (χ0n) is 13.1. The monoisotopic (exact) mass is 355 g/mol. The highest BCUT2D eigenvalue weighted by Gasteiger charge is 2.38. The van der Waals surface area contributed by atoms with Gasteiger partial charge in [0.05, 0.1) is 0 Å². The SMILES string of the molecule is O=C(NCc1ccc(-c2noc(C(F)(F)F)n2)cc1)N1CCNCC1. The number of piperazine rings is 1. The van der Waals surface area contributed by atoms with Crippen molar-refractivity contribution in [3.05, 3.63) is 35.7 Å². The Kier molecular flexibility index (Phi) is 4.88. The molecule has 2 amide bonds. The number of nitrogens with one attached hydrogen (secondary N) is 2. The number of carbonyl (C=O) groups excluding carboxylic acids is 1. The van der Waals surface area contributed by atoms with E-state index in [2.05, 4.69) is 25.3 Å². The number of carbonyl (C=O) groups is 1. The molecule has 7 nitrogen and oxygen atoms in total. The second kappa shape index (κ2) is 7.09. The van der Waals surface area contributed by atoms with Gasteiger partial charge in [0.2, 0.25) is 5.82 Å². The summed E-state index contributed by atoms with van der Waals surface area (Å²) in [5, 5.41) is 9.31. The summed E-state index contributed by atoms with van der Waals surface area (Å²) in [4.78, 5) is 17.1. The Labute approximate surface area is 141 Å². The molecule has 1 fully saturated rings. The Morgan fingerprint density at radius 1 is 1.24 bits per heavy atom. The fourth-order valence-electron chi connectivity index (χ4n) is 2.38. The molecule has 0 bridgehead atoms. The molecule has 1 aliphatic rings. The minimum absolute atomic E-state index is 0.135. The molecule has 2 aromatic rings. The van der Waals surface area contributed by atoms with Crippen molar-refractivity contribution >= 4 is 6.03 Å². The number of rotatable bonds is 3. The van der Waals surface area contributed by atoms with E-state index < -0.39 is 12.1 Å². The second-order valence-corrected chi connectivity index (χ2v) is 5.51. The molecule has 2 heterocycles. The quantitative estimate of drug-likeness (QED) is 0.878. The van der Waals surface area contributed by atoms with Crippen LogP contribution in [0.3, 0.4) is 0 Å². The van der Waals surface area contributed by atoms with Crippen molar-refractivity contribution in [3.8, 4) is 11.4 Å². The van der Waals surface area contributed by atoms with Crippen LogP contribution in [-0.4, -0.2) is 47.3 Å². The summed E-state index contributed by atoms with van der Waals surface area (Å²) in [6.45, 7) is 3.18. The van der Waals surface area contributed by atoms with Crippen LogP contribution >= 0.6 is 0 Å². The van der Waals surface area contributed by atoms with Crippen molar-refractivity contribution < 1.29 is 22.5 Å². The van der Waals surface area contributed by atoms with Gasteiger partial charge in [-0.1, -0.05) is 29.4 Å². The van der Waals surface area contributed by atoms with Crippen molar-refractivity contribution in [1.29, 1.82) is 0 Å². The maximum atomic E-state index is 12.5. The number of benzene rings is 1. The molecule has 0 radical (unpaired) electrons. The molecule has 134 valence electrons. The standard InChI is InChI=1S/C15H16F3N5O2/c16-15(17,18)13-21-12(22-25-13)11-3-1-10(2-4-11)9-20-14(24)23-7-5-19-6-8-23/h1-4,19H,5-9H2,(H,20,24). The summed E-state index contributed by atoms with van der Waals surface area (Å²) in [5.41, 5.74) is 1.21. The maximum absolute atomic E-state index is 12.5. The number of hydrogen-bond donors (Lipinski definition) is 2. The van der Waals surface area contributed by atoms with Gasteiger partial charge in [0, 0.05) is 38.3 Å². The van der Waals surface area contributed by atoms with Gasteiger partial charge in [0.25, 0.3) is 0 Å². The lowest BCUT2D eigenvalue weighted by Gasteiger charge is -2.27. The minimum Gasteiger partial charge on any atom is -0.334 e. The molecule has 1 aromatic heterocycles. The van der Waals surface area contributed by atoms with Gasteiger partial charge in [-0.05, 0) is 5.56 Å². The lowest BCUT2D eigenvalue weighted by Crippen LogP contribution is -2.50. The van der Waals surface area contributed by atoms with Crippen molar-refractivity contribution in [2.75, 3.05) is 26.2 Å². The maximum Gasteiger partial charge on any atom is 0.471 e. The molecular formula is C15H16F3N5O2. The number of halogens is 3. The van der Waals surface area contributed by atoms with Crippen molar-refractivity contribution in [2.24, 2.45) is 0 Å². The number of alkyl halides is 3. The normalized spacial score (nSPS) is 15.2. The van der Waals surface area contributed by atoms with Gasteiger partial charge in [-0.3, -0.25) is 0 Å². The van der Waals surface area contributed by atoms with Crippen LogP contribution in [0.2, 0.25) is 0 Å². The highest BCUT2D eigenvalue weighted by molar-refractivity contribution is 5.74. The molecule has 1 aromatic carbocycles. The topological polar surface area (TPSA) is 83.3 Å². The minimum atomic E-state index is -4.67. The Hall–Kier alpha value is -2.62. The summed E-state index contributed by atoms with van der Waals surface area (Å²) in [6.07, 6.45) is -4.67. The molecule has 10 heteroatoms. The molecule has 1 aliphatic heterocycles. The summed E-state index contributed by atoms with van der Waals surface area (Å²) in [5.74, 6) is -1.52. The molecule has 0 atom stereocenters. The van der Waals surface area contributed by atoms with Crippen molar-refractivity contribution in [1.82, 2.24) is 25.7 Å². The predicted molar refractivity (Wildman–Crippen MR) is 81.4 cm³/mol. The first kappa shape index (κ1) is 17.2. The van der Waals surface area contributed by atoms with Crippen molar-refractivity contribution in [3.63, 3.8) is 0 Å². The largest absolute Gasteiger partial charge is 0.471 e. The fraction of sp³-hybridized carbons (Fsp3) is 0.400. The van der Waals surface area contributed by atoms with Gasteiger partial charge in [-0.25, -0.2) is 4.79 Å². The summed E-state index contributed by atoms with van der Waals surface area (Å²) < 4.78 is 41.6. The summed E-state index contributed by atoms with van der Waals surface area (Å²) in [7, 11) is 0. The second-order valence-electron chi connectivity index (χ2n) is 5.51. The lowest BCUT2D eigenvalue weighted by molar-refractivity contribution is -0.159. The average Bonchev–Trinajstić information content (AvgIpc) is 3.11. The third-order valence-electron chi connectivity index (χ3n) is 3.73. The van der Waals surface area contributed by atoms with E-state index in [4.69, 9.17) is 0 Å². The highest BCUT2D eigenvalue weighted by atomic mass is 19.4. The van der Waals surface area contributed by atoms with Crippen LogP contribution in [-0.2, 0) is 12.7 Å². The first-order valence-corrected chi connectivity index (χ1v) is 7.67. The first-order valence-electron chi connectivity index (χ1n) is 7.67. The van der Waals surface area contributed by atoms with E-state index in [1.807, 2.05) is 0 Å². The molecule has 3 rings (SSSR count). The van der Waals surface area contributed by atoms with Gasteiger partial charge in [0.15, 0.2) is 0 Å². The zero-order chi connectivity index (χ0) is 17.9. The smallest absolute Gasteiger partial charge is 0.334 e. The lowest BCUT2D eigenvalue weighted by atomic mass is 10.1. The number of hydrogen-bond acceptors (Lipinski definition) is 5. The average molecular weight is 355 g/mol. The van der Waals surface area contributed by atoms with E-state index in [0.717, 1.165) is 18.7 Å². The number of aromatic nitrogens is 2. The molecule has 0 spiro atoms. The van der Waals surface area contributed by atoms with Crippen LogP contribution < -0.4 is 10.6 Å². The fourth-order valence-corrected chi connectivity index (χ4v) is 2.38. The Bertz CT molecular complexity index is 724. The van der Waals surface area contributed by atoms with Crippen LogP contribution in [0.5, 0.6) is 0 Å². The van der Waals surface area contributed by atoms with E-state index in [-0.39, 0.29) is 11.9 Å². The summed E-state index contributed by atoms with van der Waals surface area (Å²) in [6, 6.07) is 6.40. The molecule has 0 saturated carbocycles. The van der Waals surface area contributed by atoms with E-state index in [1.54, 1.807) is 29.2 Å². The van der Waals surface area contributed by atoms with Gasteiger partial charge in [-0.2, -0.15) is 18.2 Å². The highest BCUT2D eigenvalue weighted by Crippen LogP contribution is 2.29. The van der Waals surface area contributed by atoms with E-state index in [1.165, 1.54) is 0 Å². The molecule has 25 heavy (non-hydrogen) atoms. The Morgan fingerprint density at radius 2 is 1.92 bits per heavy atom. The van der Waals surface area contributed by atoms with Crippen LogP contribution in [0.25, 0.3) is 11.4 Å². The Balaban J connectivity index is 1.58. The van der Waals surface area contributed by atoms with Gasteiger partial charge in [-0.15, -0.1) is 0 Å². The first-order chi connectivity index (χ1) is 11.9. The number of urea groups is 1. The zero-order valence-corrected chi connectivity index (χ0v) is 13.1. The van der Waals surface area contributed by atoms with Gasteiger partial charge in [0.1, 0.15) is 0 Å². The predicted octanol–water partition coefficient (Wildman–Crippen LogP) is 1.87. The number of nitrogens with zero attached hydrogens (tertiary/aromatic N) is 3. The van der Waals surface area contributed by atoms with Crippen molar-refractivity contribution in [2.45, 2.75) is 12.7 Å². The van der Waals surface area contributed by atoms with Gasteiger partial charge < -0.3 is 20.1 Å².